The Balaban J connectivity index is 1.57. The van der Waals surface area contributed by atoms with Crippen LogP contribution >= 0.6 is 0 Å². The molecular formula is C36H47F3N6O7. The maximum Gasteiger partial charge on any atom is 0.416 e. The summed E-state index contributed by atoms with van der Waals surface area (Å²) in [6.45, 7) is 9.34. The van der Waals surface area contributed by atoms with Crippen molar-refractivity contribution in [2.45, 2.75) is 78.3 Å². The lowest BCUT2D eigenvalue weighted by atomic mass is 10.0. The van der Waals surface area contributed by atoms with Crippen LogP contribution in [0.2, 0.25) is 0 Å². The van der Waals surface area contributed by atoms with Crippen LogP contribution in [0, 0.1) is 19.8 Å². The fourth-order valence-corrected chi connectivity index (χ4v) is 5.72. The molecule has 16 heteroatoms. The quantitative estimate of drug-likeness (QED) is 0.204. The van der Waals surface area contributed by atoms with Gasteiger partial charge in [-0.1, -0.05) is 12.1 Å². The van der Waals surface area contributed by atoms with Crippen LogP contribution in [0.1, 0.15) is 67.4 Å². The number of halogens is 3. The van der Waals surface area contributed by atoms with Crippen molar-refractivity contribution in [2.75, 3.05) is 49.3 Å². The number of carbonyl (C=O) groups excluding carboxylic acids is 3. The van der Waals surface area contributed by atoms with Gasteiger partial charge >= 0.3 is 18.2 Å². The van der Waals surface area contributed by atoms with Crippen molar-refractivity contribution in [3.05, 3.63) is 65.0 Å². The first-order valence-corrected chi connectivity index (χ1v) is 17.1. The molecule has 0 radical (unpaired) electrons. The topological polar surface area (TPSA) is 158 Å². The summed E-state index contributed by atoms with van der Waals surface area (Å²) >= 11 is 0. The molecule has 3 aromatic rings. The number of rotatable bonds is 7. The number of anilines is 3. The normalized spacial score (nSPS) is 19.5. The molecule has 4 N–H and O–H groups in total. The number of ether oxygens (including phenoxy) is 2. The average molecular weight is 733 g/mol. The minimum atomic E-state index is -4.51. The van der Waals surface area contributed by atoms with Gasteiger partial charge in [0.25, 0.3) is 5.91 Å². The standard InChI is InChI=1S/C36H47F3N6O7/c1-21-18-45(22(2)20-46)33(47)29-17-28(41-34(48)40-27-12-10-26(11-13-27)36(37,38)39)14-15-30(29)51-23(3)9-7-8-16-50-31(21)19-44(6)35(49)42-32-24(4)43-52-25(32)5/h10-15,17,21-23,31,46H,7-9,16,18-20H2,1-6H3,(H,42,49)(H2,40,41,48)/t21-,22+,23+,31+/m0/s1. The molecule has 0 bridgehead atoms. The molecule has 0 spiro atoms. The Hall–Kier alpha value is -4.83. The van der Waals surface area contributed by atoms with E-state index in [9.17, 15) is 32.7 Å². The Bertz CT molecular complexity index is 1660. The molecule has 0 saturated carbocycles. The van der Waals surface area contributed by atoms with E-state index in [2.05, 4.69) is 21.1 Å². The predicted octanol–water partition coefficient (Wildman–Crippen LogP) is 6.91. The number of benzene rings is 2. The van der Waals surface area contributed by atoms with E-state index in [0.29, 0.717) is 30.2 Å². The monoisotopic (exact) mass is 732 g/mol. The highest BCUT2D eigenvalue weighted by molar-refractivity contribution is 6.02. The maximum atomic E-state index is 14.4. The molecule has 1 aromatic heterocycles. The molecule has 5 amide bonds. The zero-order valence-electron chi connectivity index (χ0n) is 30.2. The van der Waals surface area contributed by atoms with Crippen molar-refractivity contribution < 1.29 is 46.7 Å². The first-order chi connectivity index (χ1) is 24.6. The summed E-state index contributed by atoms with van der Waals surface area (Å²) in [4.78, 5) is 43.4. The summed E-state index contributed by atoms with van der Waals surface area (Å²) < 4.78 is 56.6. The zero-order valence-corrected chi connectivity index (χ0v) is 30.2. The number of aliphatic hydroxyl groups excluding tert-OH is 1. The van der Waals surface area contributed by atoms with Crippen molar-refractivity contribution in [1.29, 1.82) is 0 Å². The fraction of sp³-hybridized carbons (Fsp3) is 0.500. The van der Waals surface area contributed by atoms with Crippen LogP contribution in [-0.2, 0) is 10.9 Å². The van der Waals surface area contributed by atoms with E-state index in [-0.39, 0.29) is 60.4 Å². The lowest BCUT2D eigenvalue weighted by Gasteiger charge is -2.35. The number of fused-ring (bicyclic) bond motifs is 1. The van der Waals surface area contributed by atoms with Crippen molar-refractivity contribution in [3.63, 3.8) is 0 Å². The van der Waals surface area contributed by atoms with E-state index in [0.717, 1.165) is 37.1 Å². The van der Waals surface area contributed by atoms with Gasteiger partial charge in [-0.2, -0.15) is 13.2 Å². The molecule has 284 valence electrons. The molecule has 4 atom stereocenters. The van der Waals surface area contributed by atoms with Crippen LogP contribution in [-0.4, -0.2) is 89.6 Å². The number of hydrogen-bond acceptors (Lipinski definition) is 8. The number of nitrogens with zero attached hydrogens (tertiary/aromatic N) is 3. The van der Waals surface area contributed by atoms with Gasteiger partial charge < -0.3 is 44.9 Å². The van der Waals surface area contributed by atoms with Gasteiger partial charge in [0, 0.05) is 44.0 Å². The number of amides is 5. The predicted molar refractivity (Wildman–Crippen MR) is 189 cm³/mol. The minimum absolute atomic E-state index is 0.136. The van der Waals surface area contributed by atoms with E-state index in [1.54, 1.807) is 40.0 Å². The highest BCUT2D eigenvalue weighted by Gasteiger charge is 2.32. The molecule has 4 rings (SSSR count). The van der Waals surface area contributed by atoms with Gasteiger partial charge in [0.1, 0.15) is 17.1 Å². The molecule has 2 aromatic carbocycles. The largest absolute Gasteiger partial charge is 0.490 e. The first-order valence-electron chi connectivity index (χ1n) is 17.1. The number of carbonyl (C=O) groups is 3. The second-order valence-corrected chi connectivity index (χ2v) is 13.2. The van der Waals surface area contributed by atoms with E-state index in [1.165, 1.54) is 15.9 Å². The minimum Gasteiger partial charge on any atom is -0.490 e. The second kappa shape index (κ2) is 17.6. The van der Waals surface area contributed by atoms with Crippen LogP contribution in [0.3, 0.4) is 0 Å². The van der Waals surface area contributed by atoms with Crippen molar-refractivity contribution in [2.24, 2.45) is 5.92 Å². The Labute approximate surface area is 300 Å². The molecule has 13 nitrogen and oxygen atoms in total. The van der Waals surface area contributed by atoms with Crippen LogP contribution in [0.25, 0.3) is 0 Å². The summed E-state index contributed by atoms with van der Waals surface area (Å²) in [6, 6.07) is 6.85. The van der Waals surface area contributed by atoms with Crippen LogP contribution in [0.5, 0.6) is 5.75 Å². The molecule has 2 heterocycles. The molecule has 0 aliphatic carbocycles. The number of nitrogens with one attached hydrogen (secondary N) is 3. The van der Waals surface area contributed by atoms with Crippen LogP contribution in [0.4, 0.5) is 39.8 Å². The lowest BCUT2D eigenvalue weighted by Crippen LogP contribution is -2.48. The number of hydrogen-bond donors (Lipinski definition) is 4. The van der Waals surface area contributed by atoms with Gasteiger partial charge in [0.15, 0.2) is 5.76 Å². The van der Waals surface area contributed by atoms with Gasteiger partial charge in [-0.3, -0.25) is 4.79 Å². The van der Waals surface area contributed by atoms with Crippen LogP contribution < -0.4 is 20.7 Å². The zero-order chi connectivity index (χ0) is 38.2. The van der Waals surface area contributed by atoms with Crippen molar-refractivity contribution >= 4 is 35.0 Å². The molecule has 1 aliphatic heterocycles. The summed E-state index contributed by atoms with van der Waals surface area (Å²) in [5.74, 6) is -0.0164. The molecule has 52 heavy (non-hydrogen) atoms. The number of aryl methyl sites for hydroxylation is 2. The molecule has 0 fully saturated rings. The lowest BCUT2D eigenvalue weighted by molar-refractivity contribution is -0.137. The number of aliphatic hydroxyl groups is 1. The SMILES string of the molecule is Cc1noc(C)c1NC(=O)N(C)C[C@H]1OCCCC[C@@H](C)Oc2ccc(NC(=O)Nc3ccc(C(F)(F)F)cc3)cc2C(=O)N([C@H](C)CO)C[C@@H]1C. The number of urea groups is 2. The van der Waals surface area contributed by atoms with Gasteiger partial charge in [-0.05, 0) is 89.4 Å². The first kappa shape index (κ1) is 39.9. The molecule has 1 aliphatic rings. The molecule has 0 saturated heterocycles. The second-order valence-electron chi connectivity index (χ2n) is 13.2. The van der Waals surface area contributed by atoms with E-state index < -0.39 is 35.8 Å². The Morgan fingerprint density at radius 1 is 1.06 bits per heavy atom. The highest BCUT2D eigenvalue weighted by atomic mass is 19.4. The number of likely N-dealkylation sites (N-methyl/N-ethyl adjacent to an activating group) is 1. The molecule has 0 unspecified atom stereocenters. The molecular weight excluding hydrogens is 685 g/mol. The van der Waals surface area contributed by atoms with Crippen LogP contribution in [0.15, 0.2) is 47.0 Å². The third-order valence-electron chi connectivity index (χ3n) is 8.85. The van der Waals surface area contributed by atoms with E-state index in [4.69, 9.17) is 14.0 Å². The van der Waals surface area contributed by atoms with Gasteiger partial charge in [-0.15, -0.1) is 0 Å². The van der Waals surface area contributed by atoms with Gasteiger partial charge in [0.05, 0.1) is 36.0 Å². The van der Waals surface area contributed by atoms with Gasteiger partial charge in [-0.25, -0.2) is 9.59 Å². The van der Waals surface area contributed by atoms with Crippen molar-refractivity contribution in [1.82, 2.24) is 15.0 Å². The van der Waals surface area contributed by atoms with Gasteiger partial charge in [0.2, 0.25) is 0 Å². The Kier molecular flexibility index (Phi) is 13.5. The Morgan fingerprint density at radius 3 is 2.37 bits per heavy atom. The average Bonchev–Trinajstić information content (AvgIpc) is 3.41. The fourth-order valence-electron chi connectivity index (χ4n) is 5.72. The number of aromatic nitrogens is 1. The summed E-state index contributed by atoms with van der Waals surface area (Å²) in [7, 11) is 1.64. The summed E-state index contributed by atoms with van der Waals surface area (Å²) in [6.07, 6.45) is -3.13. The third kappa shape index (κ3) is 10.6. The Morgan fingerprint density at radius 2 is 1.73 bits per heavy atom. The maximum absolute atomic E-state index is 14.4. The van der Waals surface area contributed by atoms with E-state index in [1.807, 2.05) is 13.8 Å². The summed E-state index contributed by atoms with van der Waals surface area (Å²) in [5, 5.41) is 22.1. The van der Waals surface area contributed by atoms with Crippen molar-refractivity contribution in [3.8, 4) is 5.75 Å². The summed E-state index contributed by atoms with van der Waals surface area (Å²) in [5.41, 5.74) is 0.689. The number of alkyl halides is 3. The smallest absolute Gasteiger partial charge is 0.416 e. The third-order valence-corrected chi connectivity index (χ3v) is 8.85. The van der Waals surface area contributed by atoms with E-state index >= 15 is 0 Å². The highest BCUT2D eigenvalue weighted by Crippen LogP contribution is 2.31.